The number of ether oxygens (including phenoxy) is 2. The van der Waals surface area contributed by atoms with Crippen molar-refractivity contribution < 1.29 is 24.0 Å². The number of carbonyl (C=O) groups is 2. The van der Waals surface area contributed by atoms with E-state index in [4.69, 9.17) is 9.47 Å². The molecule has 10 heteroatoms. The minimum atomic E-state index is -0.826. The molecule has 0 aromatic heterocycles. The summed E-state index contributed by atoms with van der Waals surface area (Å²) in [6.45, 7) is 1.86. The fraction of sp³-hybridized carbons (Fsp3) is 0.300. The largest absolute Gasteiger partial charge is 0.495 e. The third kappa shape index (κ3) is 4.43. The number of nitro benzene ring substituents is 1. The van der Waals surface area contributed by atoms with E-state index in [0.717, 1.165) is 11.4 Å². The SMILES string of the molecule is COc1cc([N+](=O)[O-])ccc1NC(=O)C(=O)N1CCN(c2ccccc2OC)CC1. The molecule has 0 radical (unpaired) electrons. The zero-order valence-electron chi connectivity index (χ0n) is 16.7. The Bertz CT molecular complexity index is 956. The second-order valence-electron chi connectivity index (χ2n) is 6.55. The predicted molar refractivity (Wildman–Crippen MR) is 110 cm³/mol. The van der Waals surface area contributed by atoms with Crippen LogP contribution >= 0.6 is 0 Å². The molecule has 1 aliphatic rings. The van der Waals surface area contributed by atoms with Crippen molar-refractivity contribution in [2.24, 2.45) is 0 Å². The van der Waals surface area contributed by atoms with E-state index in [1.165, 1.54) is 30.2 Å². The van der Waals surface area contributed by atoms with Crippen molar-refractivity contribution in [1.29, 1.82) is 0 Å². The van der Waals surface area contributed by atoms with Gasteiger partial charge in [-0.1, -0.05) is 12.1 Å². The average molecular weight is 414 g/mol. The topological polar surface area (TPSA) is 114 Å². The first-order valence-electron chi connectivity index (χ1n) is 9.25. The van der Waals surface area contributed by atoms with E-state index in [1.54, 1.807) is 7.11 Å². The Labute approximate surface area is 173 Å². The number of benzene rings is 2. The first-order valence-corrected chi connectivity index (χ1v) is 9.25. The van der Waals surface area contributed by atoms with Crippen LogP contribution in [0.1, 0.15) is 0 Å². The van der Waals surface area contributed by atoms with Crippen molar-refractivity contribution in [2.45, 2.75) is 0 Å². The van der Waals surface area contributed by atoms with Crippen LogP contribution in [-0.2, 0) is 9.59 Å². The fourth-order valence-corrected chi connectivity index (χ4v) is 3.26. The van der Waals surface area contributed by atoms with E-state index in [0.29, 0.717) is 26.2 Å². The maximum absolute atomic E-state index is 12.6. The quantitative estimate of drug-likeness (QED) is 0.451. The number of piperazine rings is 1. The molecule has 158 valence electrons. The van der Waals surface area contributed by atoms with E-state index >= 15 is 0 Å². The summed E-state index contributed by atoms with van der Waals surface area (Å²) in [4.78, 5) is 38.9. The summed E-state index contributed by atoms with van der Waals surface area (Å²) in [6.07, 6.45) is 0. The van der Waals surface area contributed by atoms with Gasteiger partial charge in [-0.2, -0.15) is 0 Å². The zero-order valence-corrected chi connectivity index (χ0v) is 16.7. The number of non-ortho nitro benzene ring substituents is 1. The summed E-state index contributed by atoms with van der Waals surface area (Å²) in [7, 11) is 2.93. The lowest BCUT2D eigenvalue weighted by atomic mass is 10.2. The van der Waals surface area contributed by atoms with Crippen molar-refractivity contribution in [2.75, 3.05) is 50.6 Å². The summed E-state index contributed by atoms with van der Waals surface area (Å²) >= 11 is 0. The lowest BCUT2D eigenvalue weighted by molar-refractivity contribution is -0.384. The second kappa shape index (κ2) is 9.12. The van der Waals surface area contributed by atoms with E-state index in [-0.39, 0.29) is 17.1 Å². The number of carbonyl (C=O) groups excluding carboxylic acids is 2. The fourth-order valence-electron chi connectivity index (χ4n) is 3.26. The van der Waals surface area contributed by atoms with Gasteiger partial charge in [-0.3, -0.25) is 19.7 Å². The Kier molecular flexibility index (Phi) is 6.35. The molecule has 2 amide bonds. The molecule has 30 heavy (non-hydrogen) atoms. The molecule has 0 bridgehead atoms. The number of hydrogen-bond acceptors (Lipinski definition) is 7. The number of amides is 2. The number of anilines is 2. The van der Waals surface area contributed by atoms with Crippen LogP contribution in [0.4, 0.5) is 17.1 Å². The first-order chi connectivity index (χ1) is 14.4. The molecular formula is C20H22N4O6. The third-order valence-corrected chi connectivity index (χ3v) is 4.83. The smallest absolute Gasteiger partial charge is 0.314 e. The lowest BCUT2D eigenvalue weighted by Gasteiger charge is -2.36. The molecule has 0 atom stereocenters. The van der Waals surface area contributed by atoms with Crippen molar-refractivity contribution >= 4 is 28.9 Å². The summed E-state index contributed by atoms with van der Waals surface area (Å²) in [5.74, 6) is -0.644. The number of para-hydroxylation sites is 2. The van der Waals surface area contributed by atoms with Gasteiger partial charge in [0.25, 0.3) is 5.69 Å². The third-order valence-electron chi connectivity index (χ3n) is 4.83. The second-order valence-corrected chi connectivity index (χ2v) is 6.55. The molecule has 1 heterocycles. The number of nitrogens with zero attached hydrogens (tertiary/aromatic N) is 3. The number of nitrogens with one attached hydrogen (secondary N) is 1. The van der Waals surface area contributed by atoms with Crippen molar-refractivity contribution in [3.63, 3.8) is 0 Å². The van der Waals surface area contributed by atoms with Crippen LogP contribution in [0.5, 0.6) is 11.5 Å². The Morgan fingerprint density at radius 1 is 1.00 bits per heavy atom. The summed E-state index contributed by atoms with van der Waals surface area (Å²) < 4.78 is 10.5. The highest BCUT2D eigenvalue weighted by Gasteiger charge is 2.27. The standard InChI is InChI=1S/C20H22N4O6/c1-29-17-6-4-3-5-16(17)22-9-11-23(12-10-22)20(26)19(25)21-15-8-7-14(24(27)28)13-18(15)30-2/h3-8,13H,9-12H2,1-2H3,(H,21,25). The summed E-state index contributed by atoms with van der Waals surface area (Å²) in [5.41, 5.74) is 0.949. The van der Waals surface area contributed by atoms with Gasteiger partial charge in [-0.15, -0.1) is 0 Å². The lowest BCUT2D eigenvalue weighted by Crippen LogP contribution is -2.51. The van der Waals surface area contributed by atoms with Crippen molar-refractivity contribution in [3.05, 3.63) is 52.6 Å². The molecule has 0 unspecified atom stereocenters. The minimum absolute atomic E-state index is 0.103. The van der Waals surface area contributed by atoms with Gasteiger partial charge < -0.3 is 24.6 Å². The zero-order chi connectivity index (χ0) is 21.7. The van der Waals surface area contributed by atoms with Crippen molar-refractivity contribution in [3.8, 4) is 11.5 Å². The molecule has 2 aromatic rings. The van der Waals surface area contributed by atoms with Gasteiger partial charge in [0.15, 0.2) is 0 Å². The van der Waals surface area contributed by atoms with E-state index in [1.807, 2.05) is 24.3 Å². The maximum Gasteiger partial charge on any atom is 0.314 e. The molecule has 2 aromatic carbocycles. The molecule has 0 spiro atoms. The Morgan fingerprint density at radius 2 is 1.67 bits per heavy atom. The van der Waals surface area contributed by atoms with Crippen molar-refractivity contribution in [1.82, 2.24) is 4.90 Å². The molecule has 0 saturated carbocycles. The number of nitro groups is 1. The molecule has 1 aliphatic heterocycles. The molecule has 3 rings (SSSR count). The van der Waals surface area contributed by atoms with E-state index in [9.17, 15) is 19.7 Å². The van der Waals surface area contributed by atoms with Crippen LogP contribution in [0.25, 0.3) is 0 Å². The Balaban J connectivity index is 1.63. The highest BCUT2D eigenvalue weighted by molar-refractivity contribution is 6.39. The molecule has 10 nitrogen and oxygen atoms in total. The van der Waals surface area contributed by atoms with Gasteiger partial charge in [-0.05, 0) is 18.2 Å². The van der Waals surface area contributed by atoms with Crippen LogP contribution in [0.3, 0.4) is 0 Å². The minimum Gasteiger partial charge on any atom is -0.495 e. The summed E-state index contributed by atoms with van der Waals surface area (Å²) in [5, 5.41) is 13.4. The van der Waals surface area contributed by atoms with E-state index < -0.39 is 16.7 Å². The number of methoxy groups -OCH3 is 2. The number of rotatable bonds is 5. The molecular weight excluding hydrogens is 392 g/mol. The van der Waals surface area contributed by atoms with Crippen LogP contribution < -0.4 is 19.7 Å². The van der Waals surface area contributed by atoms with Gasteiger partial charge in [0, 0.05) is 32.2 Å². The molecule has 1 fully saturated rings. The van der Waals surface area contributed by atoms with Gasteiger partial charge in [0.05, 0.1) is 36.6 Å². The monoisotopic (exact) mass is 414 g/mol. The van der Waals surface area contributed by atoms with Crippen LogP contribution in [0.2, 0.25) is 0 Å². The average Bonchev–Trinajstić information content (AvgIpc) is 2.78. The molecule has 1 N–H and O–H groups in total. The number of hydrogen-bond donors (Lipinski definition) is 1. The van der Waals surface area contributed by atoms with Gasteiger partial charge in [0.2, 0.25) is 0 Å². The maximum atomic E-state index is 12.6. The normalized spacial score (nSPS) is 13.5. The van der Waals surface area contributed by atoms with Crippen LogP contribution in [0.15, 0.2) is 42.5 Å². The Morgan fingerprint density at radius 3 is 2.30 bits per heavy atom. The highest BCUT2D eigenvalue weighted by atomic mass is 16.6. The van der Waals surface area contributed by atoms with E-state index in [2.05, 4.69) is 10.2 Å². The summed E-state index contributed by atoms with van der Waals surface area (Å²) in [6, 6.07) is 11.4. The van der Waals surface area contributed by atoms with Gasteiger partial charge in [-0.25, -0.2) is 0 Å². The predicted octanol–water partition coefficient (Wildman–Crippen LogP) is 1.90. The first kappa shape index (κ1) is 20.9. The highest BCUT2D eigenvalue weighted by Crippen LogP contribution is 2.30. The van der Waals surface area contributed by atoms with Gasteiger partial charge >= 0.3 is 11.8 Å². The van der Waals surface area contributed by atoms with Gasteiger partial charge in [0.1, 0.15) is 11.5 Å². The molecule has 1 saturated heterocycles. The van der Waals surface area contributed by atoms with Crippen LogP contribution in [-0.4, -0.2) is 62.0 Å². The molecule has 0 aliphatic carbocycles. The van der Waals surface area contributed by atoms with Crippen LogP contribution in [0, 0.1) is 10.1 Å². The Hall–Kier alpha value is -3.82.